The summed E-state index contributed by atoms with van der Waals surface area (Å²) in [6, 6.07) is 73.5. The van der Waals surface area contributed by atoms with Gasteiger partial charge in [-0.15, -0.1) is 0 Å². The van der Waals surface area contributed by atoms with Gasteiger partial charge in [0.15, 0.2) is 0 Å². The Balaban J connectivity index is 0.979. The van der Waals surface area contributed by atoms with Crippen molar-refractivity contribution in [2.75, 3.05) is 0 Å². The first kappa shape index (κ1) is 32.1. The largest absolute Gasteiger partial charge is 0.279 e. The lowest BCUT2D eigenvalue weighted by Crippen LogP contribution is -2.54. The first-order valence-corrected chi connectivity index (χ1v) is 19.3. The van der Waals surface area contributed by atoms with E-state index < -0.39 is 0 Å². The van der Waals surface area contributed by atoms with Gasteiger partial charge in [0.25, 0.3) is 0 Å². The average Bonchev–Trinajstić information content (AvgIpc) is 3.74. The molecule has 1 spiro atoms. The van der Waals surface area contributed by atoms with Crippen LogP contribution in [0.15, 0.2) is 200 Å². The summed E-state index contributed by atoms with van der Waals surface area (Å²) in [5, 5.41) is 11.5. The molecule has 1 aliphatic heterocycles. The van der Waals surface area contributed by atoms with E-state index in [-0.39, 0.29) is 23.9 Å². The second kappa shape index (κ2) is 12.9. The summed E-state index contributed by atoms with van der Waals surface area (Å²) >= 11 is 0. The third kappa shape index (κ3) is 5.09. The molecular formula is C52H39N3. The van der Waals surface area contributed by atoms with Gasteiger partial charge in [-0.05, 0) is 102 Å². The molecule has 8 aromatic rings. The smallest absolute Gasteiger partial charge is 0.0864 e. The van der Waals surface area contributed by atoms with Gasteiger partial charge in [-0.2, -0.15) is 0 Å². The first-order valence-electron chi connectivity index (χ1n) is 19.3. The summed E-state index contributed by atoms with van der Waals surface area (Å²) < 4.78 is 0. The number of hydrogen-bond donors (Lipinski definition) is 3. The van der Waals surface area contributed by atoms with Gasteiger partial charge >= 0.3 is 0 Å². The summed E-state index contributed by atoms with van der Waals surface area (Å²) in [5.74, 6) is 0. The quantitative estimate of drug-likeness (QED) is 0.167. The normalized spacial score (nSPS) is 18.7. The molecule has 0 amide bonds. The van der Waals surface area contributed by atoms with Crippen molar-refractivity contribution in [1.29, 1.82) is 0 Å². The Morgan fingerprint density at radius 3 is 1.18 bits per heavy atom. The van der Waals surface area contributed by atoms with E-state index in [1.807, 2.05) is 0 Å². The van der Waals surface area contributed by atoms with Gasteiger partial charge in [0.05, 0.1) is 23.9 Å². The maximum absolute atomic E-state index is 3.85. The number of hydrogen-bond acceptors (Lipinski definition) is 3. The third-order valence-corrected chi connectivity index (χ3v) is 12.0. The lowest BCUT2D eigenvalue weighted by Gasteiger charge is -2.39. The van der Waals surface area contributed by atoms with Gasteiger partial charge in [-0.3, -0.25) is 16.0 Å². The molecule has 2 atom stereocenters. The maximum Gasteiger partial charge on any atom is 0.0864 e. The zero-order valence-corrected chi connectivity index (χ0v) is 30.3. The van der Waals surface area contributed by atoms with E-state index in [0.717, 1.165) is 0 Å². The van der Waals surface area contributed by atoms with Crippen molar-refractivity contribution in [3.8, 4) is 44.5 Å². The maximum atomic E-state index is 3.85. The summed E-state index contributed by atoms with van der Waals surface area (Å²) in [6.45, 7) is 0. The molecule has 2 aliphatic carbocycles. The molecule has 0 aromatic heterocycles. The van der Waals surface area contributed by atoms with Gasteiger partial charge in [-0.25, -0.2) is 0 Å². The fourth-order valence-corrected chi connectivity index (χ4v) is 9.56. The minimum absolute atomic E-state index is 0.0160. The van der Waals surface area contributed by atoms with Crippen molar-refractivity contribution in [1.82, 2.24) is 16.0 Å². The van der Waals surface area contributed by atoms with Crippen LogP contribution in [-0.4, -0.2) is 0 Å². The predicted octanol–water partition coefficient (Wildman–Crippen LogP) is 11.5. The predicted molar refractivity (Wildman–Crippen MR) is 224 cm³/mol. The first-order chi connectivity index (χ1) is 27.3. The van der Waals surface area contributed by atoms with E-state index >= 15 is 0 Å². The Kier molecular flexibility index (Phi) is 7.53. The third-order valence-electron chi connectivity index (χ3n) is 12.0. The van der Waals surface area contributed by atoms with Crippen LogP contribution in [0.4, 0.5) is 0 Å². The Bertz CT molecular complexity index is 2610. The van der Waals surface area contributed by atoms with E-state index in [0.29, 0.717) is 0 Å². The van der Waals surface area contributed by atoms with Crippen LogP contribution in [0.5, 0.6) is 0 Å². The molecule has 55 heavy (non-hydrogen) atoms. The van der Waals surface area contributed by atoms with Gasteiger partial charge < -0.3 is 0 Å². The summed E-state index contributed by atoms with van der Waals surface area (Å²) in [6.07, 6.45) is -0.0955. The number of rotatable bonds is 5. The minimum Gasteiger partial charge on any atom is -0.279 e. The van der Waals surface area contributed by atoms with E-state index in [2.05, 4.69) is 216 Å². The average molecular weight is 706 g/mol. The van der Waals surface area contributed by atoms with Crippen molar-refractivity contribution in [3.63, 3.8) is 0 Å². The molecule has 0 radical (unpaired) electrons. The van der Waals surface area contributed by atoms with Crippen LogP contribution in [0.25, 0.3) is 44.5 Å². The standard InChI is InChI=1S/C52H39N3/c1-3-15-34(16-4-1)49-53-50(35-17-5-2-6-18-35)55-51(54-49)40-22-14-21-38(32-40)36-19-13-20-37(31-36)39-29-30-44-43-25-9-12-28-47(43)52(48(44)33-39)45-26-10-7-23-41(45)42-24-8-11-27-46(42)52/h1-33,49-51,53-55H. The zero-order valence-electron chi connectivity index (χ0n) is 30.3. The van der Waals surface area contributed by atoms with Crippen LogP contribution in [0.1, 0.15) is 57.4 Å². The highest BCUT2D eigenvalue weighted by atomic mass is 15.4. The molecule has 8 aromatic carbocycles. The SMILES string of the molecule is c1ccc(C2NC(c3ccccc3)NC(c3cccc(-c4cccc(-c5ccc6c(c5)C5(c7ccccc7-c7ccccc75)c5ccccc5-6)c4)c3)N2)cc1. The minimum atomic E-state index is -0.356. The second-order valence-corrected chi connectivity index (χ2v) is 15.0. The summed E-state index contributed by atoms with van der Waals surface area (Å²) in [4.78, 5) is 0. The fraction of sp³-hybridized carbons (Fsp3) is 0.0769. The van der Waals surface area contributed by atoms with Crippen LogP contribution in [-0.2, 0) is 5.41 Å². The number of benzene rings is 8. The highest BCUT2D eigenvalue weighted by molar-refractivity contribution is 5.96. The second-order valence-electron chi connectivity index (χ2n) is 15.0. The lowest BCUT2D eigenvalue weighted by molar-refractivity contribution is 0.203. The molecule has 3 nitrogen and oxygen atoms in total. The topological polar surface area (TPSA) is 36.1 Å². The summed E-state index contributed by atoms with van der Waals surface area (Å²) in [7, 11) is 0. The van der Waals surface area contributed by atoms with Crippen LogP contribution >= 0.6 is 0 Å². The molecule has 0 saturated carbocycles. The number of fused-ring (bicyclic) bond motifs is 10. The van der Waals surface area contributed by atoms with Gasteiger partial charge in [0.1, 0.15) is 0 Å². The molecule has 1 heterocycles. The van der Waals surface area contributed by atoms with Crippen molar-refractivity contribution in [2.24, 2.45) is 0 Å². The lowest BCUT2D eigenvalue weighted by atomic mass is 9.70. The molecule has 11 rings (SSSR count). The van der Waals surface area contributed by atoms with E-state index in [1.54, 1.807) is 0 Å². The Hall–Kier alpha value is -6.36. The van der Waals surface area contributed by atoms with Crippen molar-refractivity contribution < 1.29 is 0 Å². The van der Waals surface area contributed by atoms with Crippen LogP contribution in [0.3, 0.4) is 0 Å². The van der Waals surface area contributed by atoms with Crippen molar-refractivity contribution >= 4 is 0 Å². The van der Waals surface area contributed by atoms with Crippen molar-refractivity contribution in [2.45, 2.75) is 23.9 Å². The van der Waals surface area contributed by atoms with Gasteiger partial charge in [0, 0.05) is 0 Å². The van der Waals surface area contributed by atoms with Crippen LogP contribution in [0.2, 0.25) is 0 Å². The number of nitrogens with one attached hydrogen (secondary N) is 3. The molecule has 262 valence electrons. The van der Waals surface area contributed by atoms with Gasteiger partial charge in [0.2, 0.25) is 0 Å². The Morgan fingerprint density at radius 2 is 0.655 bits per heavy atom. The molecule has 1 fully saturated rings. The molecule has 2 unspecified atom stereocenters. The highest BCUT2D eigenvalue weighted by Crippen LogP contribution is 2.63. The molecule has 3 heteroatoms. The van der Waals surface area contributed by atoms with Crippen LogP contribution in [0, 0.1) is 0 Å². The van der Waals surface area contributed by atoms with Crippen LogP contribution < -0.4 is 16.0 Å². The molecule has 3 aliphatic rings. The summed E-state index contributed by atoms with van der Waals surface area (Å²) in [5.41, 5.74) is 18.9. The van der Waals surface area contributed by atoms with E-state index in [4.69, 9.17) is 0 Å². The highest BCUT2D eigenvalue weighted by Gasteiger charge is 2.51. The van der Waals surface area contributed by atoms with Gasteiger partial charge in [-0.1, -0.05) is 182 Å². The Morgan fingerprint density at radius 1 is 0.273 bits per heavy atom. The molecule has 0 bridgehead atoms. The monoisotopic (exact) mass is 705 g/mol. The Labute approximate surface area is 322 Å². The molecule has 3 N–H and O–H groups in total. The molecular weight excluding hydrogens is 667 g/mol. The van der Waals surface area contributed by atoms with E-state index in [1.165, 1.54) is 83.5 Å². The fourth-order valence-electron chi connectivity index (χ4n) is 9.56. The van der Waals surface area contributed by atoms with Crippen molar-refractivity contribution in [3.05, 3.63) is 239 Å². The zero-order chi connectivity index (χ0) is 36.3. The molecule has 1 saturated heterocycles. The van der Waals surface area contributed by atoms with E-state index in [9.17, 15) is 0 Å².